The van der Waals surface area contributed by atoms with Crippen molar-refractivity contribution in [3.63, 3.8) is 0 Å². The number of rotatable bonds is 2. The van der Waals surface area contributed by atoms with Crippen LogP contribution >= 0.6 is 0 Å². The van der Waals surface area contributed by atoms with Gasteiger partial charge in [-0.15, -0.1) is 0 Å². The van der Waals surface area contributed by atoms with Crippen molar-refractivity contribution < 1.29 is 0 Å². The Labute approximate surface area is 88.8 Å². The van der Waals surface area contributed by atoms with E-state index in [9.17, 15) is 0 Å². The van der Waals surface area contributed by atoms with Crippen molar-refractivity contribution in [3.8, 4) is 5.69 Å². The van der Waals surface area contributed by atoms with Gasteiger partial charge in [0.05, 0.1) is 23.4 Å². The lowest BCUT2D eigenvalue weighted by molar-refractivity contribution is 0.910. The predicted octanol–water partition coefficient (Wildman–Crippen LogP) is 1.34. The Morgan fingerprint density at radius 2 is 2.13 bits per heavy atom. The standard InChI is InChI=1S/C11H14N4/c1-8-9(2)15(7-14-8)11-4-3-5-13-10(11)6-12/h3-5,7H,6,12H2,1-2H3. The monoisotopic (exact) mass is 202 g/mol. The lowest BCUT2D eigenvalue weighted by Gasteiger charge is -2.09. The van der Waals surface area contributed by atoms with Gasteiger partial charge in [0.1, 0.15) is 0 Å². The topological polar surface area (TPSA) is 56.7 Å². The molecule has 0 saturated heterocycles. The van der Waals surface area contributed by atoms with Gasteiger partial charge in [0, 0.05) is 18.4 Å². The van der Waals surface area contributed by atoms with Crippen molar-refractivity contribution in [2.24, 2.45) is 5.73 Å². The Morgan fingerprint density at radius 3 is 2.73 bits per heavy atom. The van der Waals surface area contributed by atoms with Crippen molar-refractivity contribution in [2.75, 3.05) is 0 Å². The summed E-state index contributed by atoms with van der Waals surface area (Å²) < 4.78 is 2.02. The third kappa shape index (κ3) is 1.64. The number of nitrogens with zero attached hydrogens (tertiary/aromatic N) is 3. The highest BCUT2D eigenvalue weighted by Gasteiger charge is 2.07. The number of hydrogen-bond donors (Lipinski definition) is 1. The fourth-order valence-electron chi connectivity index (χ4n) is 1.55. The molecule has 0 saturated carbocycles. The average molecular weight is 202 g/mol. The first-order valence-corrected chi connectivity index (χ1v) is 4.89. The minimum atomic E-state index is 0.437. The Kier molecular flexibility index (Phi) is 2.51. The summed E-state index contributed by atoms with van der Waals surface area (Å²) in [6.07, 6.45) is 3.56. The smallest absolute Gasteiger partial charge is 0.0998 e. The van der Waals surface area contributed by atoms with Gasteiger partial charge in [0.15, 0.2) is 0 Å². The zero-order valence-corrected chi connectivity index (χ0v) is 8.94. The van der Waals surface area contributed by atoms with E-state index >= 15 is 0 Å². The highest BCUT2D eigenvalue weighted by atomic mass is 15.1. The summed E-state index contributed by atoms with van der Waals surface area (Å²) in [4.78, 5) is 8.51. The highest BCUT2D eigenvalue weighted by molar-refractivity contribution is 5.38. The Bertz CT molecular complexity index is 473. The Morgan fingerprint density at radius 1 is 1.33 bits per heavy atom. The number of nitrogens with two attached hydrogens (primary N) is 1. The number of hydrogen-bond acceptors (Lipinski definition) is 3. The lowest BCUT2D eigenvalue weighted by atomic mass is 10.2. The molecule has 4 heteroatoms. The molecule has 4 nitrogen and oxygen atoms in total. The summed E-state index contributed by atoms with van der Waals surface area (Å²) >= 11 is 0. The third-order valence-corrected chi connectivity index (χ3v) is 2.57. The molecule has 15 heavy (non-hydrogen) atoms. The first-order valence-electron chi connectivity index (χ1n) is 4.89. The van der Waals surface area contributed by atoms with Crippen LogP contribution in [0.1, 0.15) is 17.1 Å². The molecule has 2 aromatic rings. The number of imidazole rings is 1. The van der Waals surface area contributed by atoms with Gasteiger partial charge in [-0.25, -0.2) is 4.98 Å². The van der Waals surface area contributed by atoms with Crippen molar-refractivity contribution in [1.82, 2.24) is 14.5 Å². The van der Waals surface area contributed by atoms with E-state index in [1.165, 1.54) is 0 Å². The zero-order valence-electron chi connectivity index (χ0n) is 8.94. The van der Waals surface area contributed by atoms with Crippen LogP contribution in [-0.4, -0.2) is 14.5 Å². The second-order valence-corrected chi connectivity index (χ2v) is 3.46. The minimum Gasteiger partial charge on any atom is -0.325 e. The quantitative estimate of drug-likeness (QED) is 0.799. The summed E-state index contributed by atoms with van der Waals surface area (Å²) in [6.45, 7) is 4.47. The van der Waals surface area contributed by atoms with E-state index in [2.05, 4.69) is 9.97 Å². The van der Waals surface area contributed by atoms with Gasteiger partial charge in [-0.2, -0.15) is 0 Å². The molecule has 78 valence electrons. The molecule has 0 fully saturated rings. The molecule has 2 aromatic heterocycles. The molecule has 2 rings (SSSR count). The molecule has 0 aliphatic rings. The second kappa shape index (κ2) is 3.82. The molecule has 0 aliphatic heterocycles. The van der Waals surface area contributed by atoms with Crippen molar-refractivity contribution in [1.29, 1.82) is 0 Å². The van der Waals surface area contributed by atoms with Crippen LogP contribution in [0.2, 0.25) is 0 Å². The van der Waals surface area contributed by atoms with Gasteiger partial charge in [-0.1, -0.05) is 0 Å². The summed E-state index contributed by atoms with van der Waals surface area (Å²) in [6, 6.07) is 3.91. The van der Waals surface area contributed by atoms with E-state index in [0.717, 1.165) is 22.8 Å². The largest absolute Gasteiger partial charge is 0.325 e. The Balaban J connectivity index is 2.58. The van der Waals surface area contributed by atoms with Gasteiger partial charge < -0.3 is 10.3 Å². The van der Waals surface area contributed by atoms with E-state index in [1.807, 2.05) is 30.5 Å². The molecule has 0 amide bonds. The summed E-state index contributed by atoms with van der Waals surface area (Å²) in [5, 5.41) is 0. The highest BCUT2D eigenvalue weighted by Crippen LogP contribution is 2.15. The van der Waals surface area contributed by atoms with Crippen molar-refractivity contribution in [3.05, 3.63) is 41.7 Å². The van der Waals surface area contributed by atoms with E-state index < -0.39 is 0 Å². The first kappa shape index (κ1) is 9.86. The van der Waals surface area contributed by atoms with Gasteiger partial charge in [-0.3, -0.25) is 4.98 Å². The molecule has 0 radical (unpaired) electrons. The maximum atomic E-state index is 5.65. The molecule has 0 bridgehead atoms. The maximum absolute atomic E-state index is 5.65. The van der Waals surface area contributed by atoms with Gasteiger partial charge in [-0.05, 0) is 26.0 Å². The van der Waals surface area contributed by atoms with E-state index in [1.54, 1.807) is 12.5 Å². The maximum Gasteiger partial charge on any atom is 0.0998 e. The SMILES string of the molecule is Cc1ncn(-c2cccnc2CN)c1C. The molecule has 0 spiro atoms. The van der Waals surface area contributed by atoms with E-state index in [-0.39, 0.29) is 0 Å². The van der Waals surface area contributed by atoms with Crippen LogP contribution in [0.4, 0.5) is 0 Å². The van der Waals surface area contributed by atoms with Gasteiger partial charge in [0.25, 0.3) is 0 Å². The van der Waals surface area contributed by atoms with Gasteiger partial charge >= 0.3 is 0 Å². The van der Waals surface area contributed by atoms with Crippen LogP contribution in [0.5, 0.6) is 0 Å². The normalized spacial score (nSPS) is 10.6. The molecular formula is C11H14N4. The molecule has 0 unspecified atom stereocenters. The predicted molar refractivity (Wildman–Crippen MR) is 58.7 cm³/mol. The van der Waals surface area contributed by atoms with Gasteiger partial charge in [0.2, 0.25) is 0 Å². The molecular weight excluding hydrogens is 188 g/mol. The molecule has 2 heterocycles. The second-order valence-electron chi connectivity index (χ2n) is 3.46. The summed E-state index contributed by atoms with van der Waals surface area (Å²) in [5.41, 5.74) is 9.70. The molecule has 0 atom stereocenters. The van der Waals surface area contributed by atoms with Crippen molar-refractivity contribution in [2.45, 2.75) is 20.4 Å². The van der Waals surface area contributed by atoms with Crippen LogP contribution in [0.3, 0.4) is 0 Å². The van der Waals surface area contributed by atoms with E-state index in [4.69, 9.17) is 5.73 Å². The minimum absolute atomic E-state index is 0.437. The number of aryl methyl sites for hydroxylation is 1. The number of aromatic nitrogens is 3. The molecule has 2 N–H and O–H groups in total. The number of pyridine rings is 1. The zero-order chi connectivity index (χ0) is 10.8. The molecule has 0 aromatic carbocycles. The summed E-state index contributed by atoms with van der Waals surface area (Å²) in [7, 11) is 0. The van der Waals surface area contributed by atoms with Crippen LogP contribution in [0.15, 0.2) is 24.7 Å². The molecule has 0 aliphatic carbocycles. The van der Waals surface area contributed by atoms with Crippen LogP contribution in [-0.2, 0) is 6.54 Å². The summed E-state index contributed by atoms with van der Waals surface area (Å²) in [5.74, 6) is 0. The average Bonchev–Trinajstić information content (AvgIpc) is 2.60. The lowest BCUT2D eigenvalue weighted by Crippen LogP contribution is -2.07. The van der Waals surface area contributed by atoms with E-state index in [0.29, 0.717) is 6.54 Å². The van der Waals surface area contributed by atoms with Crippen LogP contribution in [0, 0.1) is 13.8 Å². The fraction of sp³-hybridized carbons (Fsp3) is 0.273. The third-order valence-electron chi connectivity index (χ3n) is 2.57. The fourth-order valence-corrected chi connectivity index (χ4v) is 1.55. The Hall–Kier alpha value is -1.68. The van der Waals surface area contributed by atoms with Crippen molar-refractivity contribution >= 4 is 0 Å². The van der Waals surface area contributed by atoms with Crippen LogP contribution in [0.25, 0.3) is 5.69 Å². The van der Waals surface area contributed by atoms with Crippen LogP contribution < -0.4 is 5.73 Å². The first-order chi connectivity index (χ1) is 7.24.